The monoisotopic (exact) mass is 268 g/mol. The SMILES string of the molecule is CCCN1CCN(C(=O)CN2CCC(N)CC2)CC1. The molecule has 0 saturated carbocycles. The van der Waals surface area contributed by atoms with E-state index in [4.69, 9.17) is 5.73 Å². The molecular weight excluding hydrogens is 240 g/mol. The lowest BCUT2D eigenvalue weighted by molar-refractivity contribution is -0.134. The molecule has 0 unspecified atom stereocenters. The number of amides is 1. The second-order valence-corrected chi connectivity index (χ2v) is 5.84. The van der Waals surface area contributed by atoms with Crippen LogP contribution in [0.2, 0.25) is 0 Å². The molecule has 5 nitrogen and oxygen atoms in total. The van der Waals surface area contributed by atoms with Crippen molar-refractivity contribution in [1.82, 2.24) is 14.7 Å². The largest absolute Gasteiger partial charge is 0.339 e. The number of piperazine rings is 1. The lowest BCUT2D eigenvalue weighted by Crippen LogP contribution is -2.52. The van der Waals surface area contributed by atoms with Crippen molar-refractivity contribution in [1.29, 1.82) is 0 Å². The molecule has 0 aliphatic carbocycles. The molecule has 0 radical (unpaired) electrons. The Bertz CT molecular complexity index is 281. The van der Waals surface area contributed by atoms with E-state index in [0.29, 0.717) is 18.5 Å². The van der Waals surface area contributed by atoms with Crippen LogP contribution >= 0.6 is 0 Å². The van der Waals surface area contributed by atoms with Gasteiger partial charge in [0.25, 0.3) is 0 Å². The highest BCUT2D eigenvalue weighted by Crippen LogP contribution is 2.09. The van der Waals surface area contributed by atoms with Gasteiger partial charge in [-0.05, 0) is 25.8 Å². The van der Waals surface area contributed by atoms with Crippen molar-refractivity contribution >= 4 is 5.91 Å². The van der Waals surface area contributed by atoms with E-state index in [2.05, 4.69) is 16.7 Å². The summed E-state index contributed by atoms with van der Waals surface area (Å²) in [6, 6.07) is 0.337. The van der Waals surface area contributed by atoms with Crippen LogP contribution in [0.4, 0.5) is 0 Å². The minimum atomic E-state index is 0.298. The van der Waals surface area contributed by atoms with Gasteiger partial charge in [0.1, 0.15) is 0 Å². The van der Waals surface area contributed by atoms with Crippen molar-refractivity contribution in [2.24, 2.45) is 5.73 Å². The van der Waals surface area contributed by atoms with Gasteiger partial charge in [0, 0.05) is 45.3 Å². The molecule has 0 bridgehead atoms. The maximum atomic E-state index is 12.2. The predicted octanol–water partition coefficient (Wildman–Crippen LogP) is -0.0363. The summed E-state index contributed by atoms with van der Waals surface area (Å²) in [4.78, 5) is 19.0. The Hall–Kier alpha value is -0.650. The molecule has 0 aromatic heterocycles. The highest BCUT2D eigenvalue weighted by Gasteiger charge is 2.24. The van der Waals surface area contributed by atoms with E-state index < -0.39 is 0 Å². The summed E-state index contributed by atoms with van der Waals surface area (Å²) in [7, 11) is 0. The summed E-state index contributed by atoms with van der Waals surface area (Å²) in [6.07, 6.45) is 3.25. The Balaban J connectivity index is 1.69. The summed E-state index contributed by atoms with van der Waals surface area (Å²) < 4.78 is 0. The molecule has 2 heterocycles. The highest BCUT2D eigenvalue weighted by atomic mass is 16.2. The molecule has 2 aliphatic heterocycles. The Labute approximate surface area is 116 Å². The fourth-order valence-corrected chi connectivity index (χ4v) is 2.94. The van der Waals surface area contributed by atoms with Crippen LogP contribution in [0.5, 0.6) is 0 Å². The lowest BCUT2D eigenvalue weighted by atomic mass is 10.1. The molecule has 2 rings (SSSR count). The van der Waals surface area contributed by atoms with E-state index in [1.807, 2.05) is 4.90 Å². The Morgan fingerprint density at radius 1 is 1.05 bits per heavy atom. The zero-order chi connectivity index (χ0) is 13.7. The number of rotatable bonds is 4. The van der Waals surface area contributed by atoms with E-state index in [0.717, 1.165) is 58.7 Å². The number of carbonyl (C=O) groups excluding carboxylic acids is 1. The normalized spacial score (nSPS) is 23.8. The van der Waals surface area contributed by atoms with Gasteiger partial charge in [0.15, 0.2) is 0 Å². The van der Waals surface area contributed by atoms with Crippen molar-refractivity contribution in [2.45, 2.75) is 32.2 Å². The summed E-state index contributed by atoms with van der Waals surface area (Å²) in [6.45, 7) is 9.75. The van der Waals surface area contributed by atoms with Crippen LogP contribution in [0, 0.1) is 0 Å². The fourth-order valence-electron chi connectivity index (χ4n) is 2.94. The maximum Gasteiger partial charge on any atom is 0.236 e. The van der Waals surface area contributed by atoms with Gasteiger partial charge in [0.2, 0.25) is 5.91 Å². The Morgan fingerprint density at radius 2 is 1.68 bits per heavy atom. The van der Waals surface area contributed by atoms with Gasteiger partial charge >= 0.3 is 0 Å². The number of piperidine rings is 1. The maximum absolute atomic E-state index is 12.2. The highest BCUT2D eigenvalue weighted by molar-refractivity contribution is 5.78. The van der Waals surface area contributed by atoms with Gasteiger partial charge in [-0.25, -0.2) is 0 Å². The molecule has 2 fully saturated rings. The first-order chi connectivity index (χ1) is 9.19. The molecule has 1 amide bonds. The van der Waals surface area contributed by atoms with Crippen molar-refractivity contribution in [3.8, 4) is 0 Å². The molecule has 0 atom stereocenters. The van der Waals surface area contributed by atoms with Gasteiger partial charge in [-0.2, -0.15) is 0 Å². The molecule has 2 aliphatic rings. The summed E-state index contributed by atoms with van der Waals surface area (Å²) >= 11 is 0. The number of nitrogens with two attached hydrogens (primary N) is 1. The molecule has 0 aromatic carbocycles. The number of hydrogen-bond donors (Lipinski definition) is 1. The van der Waals surface area contributed by atoms with Crippen LogP contribution in [0.1, 0.15) is 26.2 Å². The van der Waals surface area contributed by atoms with E-state index >= 15 is 0 Å². The first kappa shape index (κ1) is 14.8. The lowest BCUT2D eigenvalue weighted by Gasteiger charge is -2.36. The van der Waals surface area contributed by atoms with Crippen LogP contribution in [0.3, 0.4) is 0 Å². The average Bonchev–Trinajstić information content (AvgIpc) is 2.42. The molecular formula is C14H28N4O. The van der Waals surface area contributed by atoms with Gasteiger partial charge < -0.3 is 10.6 Å². The number of carbonyl (C=O) groups is 1. The van der Waals surface area contributed by atoms with Crippen molar-refractivity contribution in [2.75, 3.05) is 52.4 Å². The molecule has 2 N–H and O–H groups in total. The van der Waals surface area contributed by atoms with Gasteiger partial charge in [-0.15, -0.1) is 0 Å². The average molecular weight is 268 g/mol. The van der Waals surface area contributed by atoms with Crippen LogP contribution in [-0.2, 0) is 4.79 Å². The predicted molar refractivity (Wildman–Crippen MR) is 77.0 cm³/mol. The third-order valence-corrected chi connectivity index (χ3v) is 4.26. The molecule has 110 valence electrons. The quantitative estimate of drug-likeness (QED) is 0.777. The van der Waals surface area contributed by atoms with E-state index in [-0.39, 0.29) is 0 Å². The smallest absolute Gasteiger partial charge is 0.236 e. The number of nitrogens with zero attached hydrogens (tertiary/aromatic N) is 3. The van der Waals surface area contributed by atoms with Crippen molar-refractivity contribution in [3.63, 3.8) is 0 Å². The summed E-state index contributed by atoms with van der Waals surface area (Å²) in [5, 5.41) is 0. The molecule has 0 spiro atoms. The van der Waals surface area contributed by atoms with E-state index in [9.17, 15) is 4.79 Å². The van der Waals surface area contributed by atoms with Crippen LogP contribution in [0.15, 0.2) is 0 Å². The summed E-state index contributed by atoms with van der Waals surface area (Å²) in [5.41, 5.74) is 5.89. The molecule has 2 saturated heterocycles. The van der Waals surface area contributed by atoms with Gasteiger partial charge in [-0.3, -0.25) is 14.6 Å². The standard InChI is InChI=1S/C14H28N4O/c1-2-5-16-8-10-18(11-9-16)14(19)12-17-6-3-13(15)4-7-17/h13H,2-12,15H2,1H3. The Kier molecular flexibility index (Phi) is 5.60. The zero-order valence-corrected chi connectivity index (χ0v) is 12.2. The van der Waals surface area contributed by atoms with E-state index in [1.165, 1.54) is 6.42 Å². The number of likely N-dealkylation sites (tertiary alicyclic amines) is 1. The Morgan fingerprint density at radius 3 is 2.26 bits per heavy atom. The van der Waals surface area contributed by atoms with Crippen LogP contribution < -0.4 is 5.73 Å². The van der Waals surface area contributed by atoms with Gasteiger partial charge in [0.05, 0.1) is 6.54 Å². The van der Waals surface area contributed by atoms with Crippen LogP contribution in [0.25, 0.3) is 0 Å². The second-order valence-electron chi connectivity index (χ2n) is 5.84. The second kappa shape index (κ2) is 7.22. The third kappa shape index (κ3) is 4.44. The van der Waals surface area contributed by atoms with E-state index in [1.54, 1.807) is 0 Å². The fraction of sp³-hybridized carbons (Fsp3) is 0.929. The summed E-state index contributed by atoms with van der Waals surface area (Å²) in [5.74, 6) is 0.298. The number of hydrogen-bond acceptors (Lipinski definition) is 4. The van der Waals surface area contributed by atoms with Crippen molar-refractivity contribution < 1.29 is 4.79 Å². The zero-order valence-electron chi connectivity index (χ0n) is 12.2. The third-order valence-electron chi connectivity index (χ3n) is 4.26. The van der Waals surface area contributed by atoms with Crippen molar-refractivity contribution in [3.05, 3.63) is 0 Å². The first-order valence-corrected chi connectivity index (χ1v) is 7.67. The van der Waals surface area contributed by atoms with Gasteiger partial charge in [-0.1, -0.05) is 6.92 Å². The van der Waals surface area contributed by atoms with Crippen LogP contribution in [-0.4, -0.2) is 79.0 Å². The molecule has 5 heteroatoms. The minimum absolute atomic E-state index is 0.298. The first-order valence-electron chi connectivity index (χ1n) is 7.67. The topological polar surface area (TPSA) is 52.8 Å². The molecule has 0 aromatic rings. The minimum Gasteiger partial charge on any atom is -0.339 e. The molecule has 19 heavy (non-hydrogen) atoms.